The molecule has 174 valence electrons. The predicted molar refractivity (Wildman–Crippen MR) is 143 cm³/mol. The summed E-state index contributed by atoms with van der Waals surface area (Å²) in [5, 5.41) is 15.0. The van der Waals surface area contributed by atoms with Crippen LogP contribution >= 0.6 is 47.2 Å². The molecule has 1 unspecified atom stereocenters. The lowest BCUT2D eigenvalue weighted by Crippen LogP contribution is -2.30. The van der Waals surface area contributed by atoms with Crippen LogP contribution in [0.3, 0.4) is 0 Å². The quantitative estimate of drug-likeness (QED) is 0.292. The van der Waals surface area contributed by atoms with E-state index in [1.807, 2.05) is 30.3 Å². The summed E-state index contributed by atoms with van der Waals surface area (Å²) < 4.78 is 0. The minimum absolute atomic E-state index is 0. The van der Waals surface area contributed by atoms with E-state index in [1.165, 1.54) is 0 Å². The van der Waals surface area contributed by atoms with Crippen molar-refractivity contribution < 1.29 is 5.11 Å². The van der Waals surface area contributed by atoms with E-state index in [1.54, 1.807) is 6.07 Å². The second-order valence-corrected chi connectivity index (χ2v) is 9.36. The van der Waals surface area contributed by atoms with Crippen molar-refractivity contribution in [2.75, 3.05) is 19.6 Å². The number of rotatable bonds is 10. The Bertz CT molecular complexity index is 999. The molecule has 2 nitrogen and oxygen atoms in total. The van der Waals surface area contributed by atoms with Gasteiger partial charge in [-0.05, 0) is 84.4 Å². The SMILES string of the molecule is CCCCN(CCCC)CC(O)c1cc(-c2ccc(Cl)cc2)cc2c(Cl)cc(Cl)cc12.Cl. The van der Waals surface area contributed by atoms with Gasteiger partial charge in [0.15, 0.2) is 0 Å². The van der Waals surface area contributed by atoms with Crippen LogP contribution in [0.25, 0.3) is 21.9 Å². The number of fused-ring (bicyclic) bond motifs is 1. The number of unbranched alkanes of at least 4 members (excludes halogenated alkanes) is 2. The summed E-state index contributed by atoms with van der Waals surface area (Å²) in [6, 6.07) is 15.5. The van der Waals surface area contributed by atoms with Gasteiger partial charge in [-0.15, -0.1) is 12.4 Å². The number of hydrogen-bond acceptors (Lipinski definition) is 2. The molecule has 1 N–H and O–H groups in total. The van der Waals surface area contributed by atoms with Gasteiger partial charge >= 0.3 is 0 Å². The molecule has 0 aromatic heterocycles. The zero-order valence-corrected chi connectivity index (χ0v) is 21.7. The maximum absolute atomic E-state index is 11.3. The van der Waals surface area contributed by atoms with Gasteiger partial charge in [-0.3, -0.25) is 0 Å². The summed E-state index contributed by atoms with van der Waals surface area (Å²) in [6.45, 7) is 6.96. The van der Waals surface area contributed by atoms with Crippen LogP contribution in [-0.4, -0.2) is 29.6 Å². The van der Waals surface area contributed by atoms with Crippen LogP contribution in [0.5, 0.6) is 0 Å². The molecule has 3 aromatic rings. The molecule has 0 aliphatic heterocycles. The Hall–Kier alpha value is -1.000. The van der Waals surface area contributed by atoms with Crippen molar-refractivity contribution in [1.82, 2.24) is 4.90 Å². The van der Waals surface area contributed by atoms with Crippen molar-refractivity contribution in [3.05, 3.63) is 69.2 Å². The fourth-order valence-electron chi connectivity index (χ4n) is 3.90. The van der Waals surface area contributed by atoms with E-state index < -0.39 is 6.10 Å². The van der Waals surface area contributed by atoms with Gasteiger partial charge in [0.2, 0.25) is 0 Å². The summed E-state index contributed by atoms with van der Waals surface area (Å²) >= 11 is 19.0. The normalized spacial score (nSPS) is 12.2. The van der Waals surface area contributed by atoms with Crippen LogP contribution in [0.2, 0.25) is 15.1 Å². The Balaban J connectivity index is 0.00000363. The first-order valence-electron chi connectivity index (χ1n) is 11.0. The molecule has 0 fully saturated rings. The molecule has 0 saturated carbocycles. The van der Waals surface area contributed by atoms with Crippen molar-refractivity contribution >= 4 is 58.0 Å². The highest BCUT2D eigenvalue weighted by Gasteiger charge is 2.19. The highest BCUT2D eigenvalue weighted by atomic mass is 35.5. The second-order valence-electron chi connectivity index (χ2n) is 8.08. The Morgan fingerprint density at radius 1 is 0.781 bits per heavy atom. The van der Waals surface area contributed by atoms with Crippen molar-refractivity contribution in [3.8, 4) is 11.1 Å². The molecule has 3 rings (SSSR count). The lowest BCUT2D eigenvalue weighted by Gasteiger charge is -2.26. The van der Waals surface area contributed by atoms with Crippen molar-refractivity contribution in [2.45, 2.75) is 45.6 Å². The van der Waals surface area contributed by atoms with Gasteiger partial charge in [-0.25, -0.2) is 0 Å². The van der Waals surface area contributed by atoms with Gasteiger partial charge < -0.3 is 10.0 Å². The highest BCUT2D eigenvalue weighted by molar-refractivity contribution is 6.39. The van der Waals surface area contributed by atoms with Crippen LogP contribution in [0.4, 0.5) is 0 Å². The number of halogens is 4. The zero-order chi connectivity index (χ0) is 22.4. The lowest BCUT2D eigenvalue weighted by molar-refractivity contribution is 0.112. The largest absolute Gasteiger partial charge is 0.387 e. The minimum Gasteiger partial charge on any atom is -0.387 e. The maximum atomic E-state index is 11.3. The molecule has 3 aromatic carbocycles. The van der Waals surface area contributed by atoms with Crippen molar-refractivity contribution in [2.24, 2.45) is 0 Å². The molecular formula is C26H31Cl4NO. The fraction of sp³-hybridized carbons (Fsp3) is 0.385. The topological polar surface area (TPSA) is 23.5 Å². The number of hydrogen-bond donors (Lipinski definition) is 1. The van der Waals surface area contributed by atoms with E-state index in [4.69, 9.17) is 34.8 Å². The average Bonchev–Trinajstić information content (AvgIpc) is 2.75. The Morgan fingerprint density at radius 3 is 2.00 bits per heavy atom. The molecule has 0 radical (unpaired) electrons. The van der Waals surface area contributed by atoms with Crippen molar-refractivity contribution in [1.29, 1.82) is 0 Å². The number of aliphatic hydroxyl groups excluding tert-OH is 1. The number of aliphatic hydroxyl groups is 1. The molecule has 0 bridgehead atoms. The molecule has 1 atom stereocenters. The van der Waals surface area contributed by atoms with Crippen LogP contribution in [0.1, 0.15) is 51.2 Å². The monoisotopic (exact) mass is 513 g/mol. The van der Waals surface area contributed by atoms with Gasteiger partial charge in [0.1, 0.15) is 0 Å². The molecule has 0 amide bonds. The third-order valence-corrected chi connectivity index (χ3v) is 6.42. The third-order valence-electron chi connectivity index (χ3n) is 5.64. The first-order valence-corrected chi connectivity index (χ1v) is 12.1. The standard InChI is InChI=1S/C26H30Cl3NO.ClH/c1-3-5-11-30(12-6-4-2)17-26(31)24-14-19(18-7-9-20(27)10-8-18)13-23-22(24)15-21(28)16-25(23)29;/h7-10,13-16,26,31H,3-6,11-12,17H2,1-2H3;1H. The average molecular weight is 515 g/mol. The summed E-state index contributed by atoms with van der Waals surface area (Å²) in [6.07, 6.45) is 3.88. The van der Waals surface area contributed by atoms with Gasteiger partial charge in [0.05, 0.1) is 6.10 Å². The van der Waals surface area contributed by atoms with E-state index in [9.17, 15) is 5.11 Å². The number of nitrogens with zero attached hydrogens (tertiary/aromatic N) is 1. The lowest BCUT2D eigenvalue weighted by atomic mass is 9.94. The first-order chi connectivity index (χ1) is 14.9. The van der Waals surface area contributed by atoms with E-state index in [-0.39, 0.29) is 12.4 Å². The van der Waals surface area contributed by atoms with Gasteiger partial charge in [0, 0.05) is 27.0 Å². The van der Waals surface area contributed by atoms with Gasteiger partial charge in [-0.1, -0.05) is 73.6 Å². The predicted octanol–water partition coefficient (Wildman–Crippen LogP) is 8.82. The van der Waals surface area contributed by atoms with Gasteiger partial charge in [-0.2, -0.15) is 0 Å². The van der Waals surface area contributed by atoms with Crippen LogP contribution in [-0.2, 0) is 0 Å². The van der Waals surface area contributed by atoms with E-state index in [0.29, 0.717) is 21.6 Å². The van der Waals surface area contributed by atoms with E-state index >= 15 is 0 Å². The molecule has 0 spiro atoms. The van der Waals surface area contributed by atoms with Crippen LogP contribution in [0.15, 0.2) is 48.5 Å². The summed E-state index contributed by atoms with van der Waals surface area (Å²) in [5.41, 5.74) is 2.88. The Kier molecular flexibility index (Phi) is 11.1. The smallest absolute Gasteiger partial charge is 0.0923 e. The molecule has 32 heavy (non-hydrogen) atoms. The van der Waals surface area contributed by atoms with Crippen LogP contribution < -0.4 is 0 Å². The summed E-state index contributed by atoms with van der Waals surface area (Å²) in [7, 11) is 0. The molecule has 6 heteroatoms. The van der Waals surface area contributed by atoms with E-state index in [2.05, 4.69) is 30.9 Å². The van der Waals surface area contributed by atoms with E-state index in [0.717, 1.165) is 66.2 Å². The summed E-state index contributed by atoms with van der Waals surface area (Å²) in [5.74, 6) is 0. The molecule has 0 saturated heterocycles. The summed E-state index contributed by atoms with van der Waals surface area (Å²) in [4.78, 5) is 2.37. The minimum atomic E-state index is -0.641. The highest BCUT2D eigenvalue weighted by Crippen LogP contribution is 2.37. The molecule has 0 heterocycles. The maximum Gasteiger partial charge on any atom is 0.0923 e. The molecular weight excluding hydrogens is 484 g/mol. The fourth-order valence-corrected chi connectivity index (χ4v) is 4.57. The van der Waals surface area contributed by atoms with Crippen molar-refractivity contribution in [3.63, 3.8) is 0 Å². The zero-order valence-electron chi connectivity index (χ0n) is 18.6. The molecule has 0 aliphatic carbocycles. The van der Waals surface area contributed by atoms with Crippen LogP contribution in [0, 0.1) is 0 Å². The molecule has 0 aliphatic rings. The number of benzene rings is 3. The van der Waals surface area contributed by atoms with Gasteiger partial charge in [0.25, 0.3) is 0 Å². The Morgan fingerprint density at radius 2 is 1.41 bits per heavy atom. The second kappa shape index (κ2) is 13.0. The third kappa shape index (κ3) is 7.00. The Labute approximate surface area is 212 Å². The first kappa shape index (κ1) is 27.2.